The van der Waals surface area contributed by atoms with Crippen LogP contribution < -0.4 is 4.72 Å². The van der Waals surface area contributed by atoms with Crippen molar-refractivity contribution in [2.45, 2.75) is 6.42 Å². The van der Waals surface area contributed by atoms with Crippen LogP contribution in [0.1, 0.15) is 16.8 Å². The summed E-state index contributed by atoms with van der Waals surface area (Å²) in [6.45, 7) is 3.71. The number of benzene rings is 1. The van der Waals surface area contributed by atoms with Crippen molar-refractivity contribution in [1.29, 1.82) is 0 Å². The fraction of sp³-hybridized carbons (Fsp3) is 0.500. The van der Waals surface area contributed by atoms with Crippen molar-refractivity contribution in [3.05, 3.63) is 29.8 Å². The van der Waals surface area contributed by atoms with E-state index in [4.69, 9.17) is 4.74 Å². The summed E-state index contributed by atoms with van der Waals surface area (Å²) in [6, 6.07) is 6.68. The number of nitrogens with one attached hydrogen (secondary N) is 1. The van der Waals surface area contributed by atoms with Gasteiger partial charge in [0.2, 0.25) is 10.0 Å². The van der Waals surface area contributed by atoms with Crippen LogP contribution in [0.15, 0.2) is 24.3 Å². The molecule has 1 N–H and O–H groups in total. The normalized spacial score (nSPS) is 16.6. The number of nitrogens with zero attached hydrogens (tertiary/aromatic N) is 1. The van der Waals surface area contributed by atoms with Crippen LogP contribution in [0, 0.1) is 0 Å². The van der Waals surface area contributed by atoms with E-state index in [2.05, 4.69) is 9.62 Å². The predicted octanol–water partition coefficient (Wildman–Crippen LogP) is 0.963. The molecule has 21 heavy (non-hydrogen) atoms. The number of para-hydroxylation sites is 1. The lowest BCUT2D eigenvalue weighted by Crippen LogP contribution is -2.37. The molecule has 1 saturated heterocycles. The van der Waals surface area contributed by atoms with E-state index in [9.17, 15) is 13.2 Å². The second-order valence-corrected chi connectivity index (χ2v) is 6.80. The van der Waals surface area contributed by atoms with Crippen molar-refractivity contribution < 1.29 is 17.9 Å². The zero-order valence-electron chi connectivity index (χ0n) is 12.0. The van der Waals surface area contributed by atoms with Crippen LogP contribution in [0.25, 0.3) is 0 Å². The van der Waals surface area contributed by atoms with Gasteiger partial charge in [0.05, 0.1) is 25.2 Å². The molecular formula is C14H20N2O4S. The topological polar surface area (TPSA) is 75.7 Å². The molecule has 1 aliphatic rings. The maximum atomic E-state index is 12.3. The average Bonchev–Trinajstić information content (AvgIpc) is 2.45. The van der Waals surface area contributed by atoms with E-state index < -0.39 is 10.0 Å². The zero-order valence-corrected chi connectivity index (χ0v) is 12.9. The lowest BCUT2D eigenvalue weighted by molar-refractivity contribution is 0.0370. The van der Waals surface area contributed by atoms with Gasteiger partial charge in [-0.2, -0.15) is 0 Å². The highest BCUT2D eigenvalue weighted by molar-refractivity contribution is 7.92. The Balaban J connectivity index is 2.01. The summed E-state index contributed by atoms with van der Waals surface area (Å²) in [7, 11) is -3.40. The molecule has 0 aromatic heterocycles. The van der Waals surface area contributed by atoms with Crippen LogP contribution in [0.5, 0.6) is 0 Å². The minimum absolute atomic E-state index is 0.0618. The van der Waals surface area contributed by atoms with Gasteiger partial charge in [0, 0.05) is 31.6 Å². The van der Waals surface area contributed by atoms with Gasteiger partial charge in [0.25, 0.3) is 0 Å². The summed E-state index contributed by atoms with van der Waals surface area (Å²) < 4.78 is 30.3. The molecule has 116 valence electrons. The van der Waals surface area contributed by atoms with Crippen molar-refractivity contribution in [2.75, 3.05) is 43.8 Å². The highest BCUT2D eigenvalue weighted by atomic mass is 32.2. The van der Waals surface area contributed by atoms with E-state index in [1.54, 1.807) is 24.3 Å². The summed E-state index contributed by atoms with van der Waals surface area (Å²) in [5.41, 5.74) is 0.753. The van der Waals surface area contributed by atoms with E-state index in [0.29, 0.717) is 37.4 Å². The number of hydrogen-bond acceptors (Lipinski definition) is 5. The van der Waals surface area contributed by atoms with Crippen LogP contribution in [0.2, 0.25) is 0 Å². The zero-order chi connectivity index (χ0) is 15.3. The summed E-state index contributed by atoms with van der Waals surface area (Å²) in [5, 5.41) is 0. The third-order valence-corrected chi connectivity index (χ3v) is 3.87. The molecule has 7 heteroatoms. The van der Waals surface area contributed by atoms with Crippen molar-refractivity contribution in [3.8, 4) is 0 Å². The number of hydrogen-bond donors (Lipinski definition) is 1. The highest BCUT2D eigenvalue weighted by Gasteiger charge is 2.16. The third-order valence-electron chi connectivity index (χ3n) is 3.28. The Morgan fingerprint density at radius 3 is 2.62 bits per heavy atom. The first-order valence-electron chi connectivity index (χ1n) is 6.86. The second-order valence-electron chi connectivity index (χ2n) is 5.05. The van der Waals surface area contributed by atoms with Crippen LogP contribution in [-0.4, -0.2) is 58.2 Å². The number of ether oxygens (including phenoxy) is 1. The van der Waals surface area contributed by atoms with E-state index in [1.807, 2.05) is 0 Å². The number of carbonyl (C=O) groups excluding carboxylic acids is 1. The molecule has 0 atom stereocenters. The first kappa shape index (κ1) is 15.9. The number of ketones is 1. The Morgan fingerprint density at radius 1 is 1.29 bits per heavy atom. The molecule has 1 aromatic rings. The van der Waals surface area contributed by atoms with E-state index in [0.717, 1.165) is 19.3 Å². The Bertz CT molecular complexity index is 595. The first-order valence-corrected chi connectivity index (χ1v) is 8.75. The molecule has 0 radical (unpaired) electrons. The van der Waals surface area contributed by atoms with Crippen LogP contribution in [0.4, 0.5) is 5.69 Å². The second kappa shape index (κ2) is 7.02. The fourth-order valence-corrected chi connectivity index (χ4v) is 2.81. The molecule has 2 rings (SSSR count). The largest absolute Gasteiger partial charge is 0.379 e. The lowest BCUT2D eigenvalue weighted by atomic mass is 10.1. The van der Waals surface area contributed by atoms with Crippen molar-refractivity contribution in [1.82, 2.24) is 4.90 Å². The molecule has 6 nitrogen and oxygen atoms in total. The first-order chi connectivity index (χ1) is 9.96. The molecule has 0 bridgehead atoms. The van der Waals surface area contributed by atoms with E-state index >= 15 is 0 Å². The highest BCUT2D eigenvalue weighted by Crippen LogP contribution is 2.18. The van der Waals surface area contributed by atoms with Crippen molar-refractivity contribution in [3.63, 3.8) is 0 Å². The Hall–Kier alpha value is -1.44. The molecule has 0 aliphatic carbocycles. The number of rotatable bonds is 6. The molecular weight excluding hydrogens is 292 g/mol. The van der Waals surface area contributed by atoms with Gasteiger partial charge in [-0.15, -0.1) is 0 Å². The Morgan fingerprint density at radius 2 is 1.95 bits per heavy atom. The molecule has 1 fully saturated rings. The minimum Gasteiger partial charge on any atom is -0.379 e. The smallest absolute Gasteiger partial charge is 0.229 e. The fourth-order valence-electron chi connectivity index (χ4n) is 2.23. The molecule has 0 saturated carbocycles. The molecule has 0 spiro atoms. The maximum absolute atomic E-state index is 12.3. The number of carbonyl (C=O) groups is 1. The maximum Gasteiger partial charge on any atom is 0.229 e. The van der Waals surface area contributed by atoms with Gasteiger partial charge in [-0.05, 0) is 12.1 Å². The van der Waals surface area contributed by atoms with Crippen LogP contribution in [0.3, 0.4) is 0 Å². The summed E-state index contributed by atoms with van der Waals surface area (Å²) >= 11 is 0. The molecule has 0 amide bonds. The summed E-state index contributed by atoms with van der Waals surface area (Å²) in [6.07, 6.45) is 1.43. The number of sulfonamides is 1. The van der Waals surface area contributed by atoms with Gasteiger partial charge in [-0.25, -0.2) is 8.42 Å². The van der Waals surface area contributed by atoms with Crippen LogP contribution in [-0.2, 0) is 14.8 Å². The molecule has 0 unspecified atom stereocenters. The average molecular weight is 312 g/mol. The molecule has 1 heterocycles. The van der Waals surface area contributed by atoms with Gasteiger partial charge in [-0.3, -0.25) is 14.4 Å². The molecule has 1 aliphatic heterocycles. The summed E-state index contributed by atoms with van der Waals surface area (Å²) in [4.78, 5) is 14.5. The van der Waals surface area contributed by atoms with Gasteiger partial charge in [0.1, 0.15) is 0 Å². The van der Waals surface area contributed by atoms with Crippen LogP contribution >= 0.6 is 0 Å². The monoisotopic (exact) mass is 312 g/mol. The SMILES string of the molecule is CS(=O)(=O)Nc1ccccc1C(=O)CCN1CCOCC1. The van der Waals surface area contributed by atoms with Gasteiger partial charge in [-0.1, -0.05) is 12.1 Å². The van der Waals surface area contributed by atoms with E-state index in [-0.39, 0.29) is 5.78 Å². The van der Waals surface area contributed by atoms with Crippen molar-refractivity contribution in [2.24, 2.45) is 0 Å². The standard InChI is InChI=1S/C14H20N2O4S/c1-21(18,19)15-13-5-3-2-4-12(13)14(17)6-7-16-8-10-20-11-9-16/h2-5,15H,6-11H2,1H3. The predicted molar refractivity (Wildman–Crippen MR) is 81.1 cm³/mol. The van der Waals surface area contributed by atoms with Gasteiger partial charge >= 0.3 is 0 Å². The summed E-state index contributed by atoms with van der Waals surface area (Å²) in [5.74, 6) is -0.0618. The number of anilines is 1. The Labute approximate surface area is 125 Å². The van der Waals surface area contributed by atoms with Gasteiger partial charge in [0.15, 0.2) is 5.78 Å². The minimum atomic E-state index is -3.40. The van der Waals surface area contributed by atoms with Crippen molar-refractivity contribution >= 4 is 21.5 Å². The number of Topliss-reactive ketones (excluding diaryl/α,β-unsaturated/α-hetero) is 1. The Kier molecular flexibility index (Phi) is 5.33. The molecule has 1 aromatic carbocycles. The number of morpholine rings is 1. The third kappa shape index (κ3) is 5.11. The lowest BCUT2D eigenvalue weighted by Gasteiger charge is -2.26. The quantitative estimate of drug-likeness (QED) is 0.792. The van der Waals surface area contributed by atoms with Gasteiger partial charge < -0.3 is 4.74 Å². The van der Waals surface area contributed by atoms with E-state index in [1.165, 1.54) is 0 Å².